The van der Waals surface area contributed by atoms with Crippen LogP contribution in [-0.4, -0.2) is 23.2 Å². The van der Waals surface area contributed by atoms with Crippen molar-refractivity contribution in [2.75, 3.05) is 0 Å². The highest BCUT2D eigenvalue weighted by Gasteiger charge is 2.06. The van der Waals surface area contributed by atoms with Gasteiger partial charge in [0.2, 0.25) is 11.8 Å². The van der Waals surface area contributed by atoms with Gasteiger partial charge >= 0.3 is 0 Å². The lowest BCUT2D eigenvalue weighted by atomic mass is 10.1. The summed E-state index contributed by atoms with van der Waals surface area (Å²) in [6.45, 7) is 8.12. The molecule has 0 radical (unpaired) electrons. The van der Waals surface area contributed by atoms with Crippen molar-refractivity contribution in [3.8, 4) is 0 Å². The maximum atomic E-state index is 12.1. The van der Waals surface area contributed by atoms with Crippen LogP contribution in [0.2, 0.25) is 0 Å². The zero-order chi connectivity index (χ0) is 24.1. The molecule has 0 spiro atoms. The van der Waals surface area contributed by atoms with E-state index in [9.17, 15) is 9.59 Å². The van der Waals surface area contributed by atoms with E-state index in [4.69, 9.17) is 0 Å². The van der Waals surface area contributed by atoms with Crippen LogP contribution in [0.4, 0.5) is 0 Å². The van der Waals surface area contributed by atoms with Crippen LogP contribution in [0.15, 0.2) is 58.7 Å². The Labute approximate surface area is 197 Å². The maximum absolute atomic E-state index is 12.1. The number of aryl methyl sites for hydroxylation is 2. The lowest BCUT2D eigenvalue weighted by Gasteiger charge is -2.07. The van der Waals surface area contributed by atoms with E-state index in [-0.39, 0.29) is 11.8 Å². The second-order valence-electron chi connectivity index (χ2n) is 8.19. The molecule has 2 aromatic rings. The molecule has 0 fully saturated rings. The van der Waals surface area contributed by atoms with Crippen LogP contribution >= 0.6 is 0 Å². The fraction of sp³-hybridized carbons (Fsp3) is 0.407. The molecule has 33 heavy (non-hydrogen) atoms. The van der Waals surface area contributed by atoms with Crippen molar-refractivity contribution in [1.82, 2.24) is 10.9 Å². The van der Waals surface area contributed by atoms with Gasteiger partial charge in [0.1, 0.15) is 0 Å². The Morgan fingerprint density at radius 3 is 1.33 bits per heavy atom. The predicted molar refractivity (Wildman–Crippen MR) is 135 cm³/mol. The number of nitrogens with one attached hydrogen (secondary N) is 2. The molecule has 6 nitrogen and oxygen atoms in total. The first kappa shape index (κ1) is 26.0. The molecular weight excluding hydrogens is 412 g/mol. The lowest BCUT2D eigenvalue weighted by Crippen LogP contribution is -2.20. The number of rotatable bonds is 12. The standard InChI is InChI=1S/C27H36N4O2/c1-5-24(22-16-12-20(3)13-17-22)28-30-26(32)10-8-7-9-11-27(33)31-29-25(6-2)23-18-14-21(4)15-19-23/h12-19H,5-11H2,1-4H3,(H,30,32)(H,31,33)/b28-24+,29-25+. The van der Waals surface area contributed by atoms with Gasteiger partial charge in [0.05, 0.1) is 11.4 Å². The second kappa shape index (κ2) is 14.0. The van der Waals surface area contributed by atoms with Crippen molar-refractivity contribution in [2.24, 2.45) is 10.2 Å². The van der Waals surface area contributed by atoms with E-state index in [0.717, 1.165) is 41.8 Å². The largest absolute Gasteiger partial charge is 0.273 e. The molecule has 0 saturated carbocycles. The number of amides is 2. The zero-order valence-corrected chi connectivity index (χ0v) is 20.3. The van der Waals surface area contributed by atoms with Crippen molar-refractivity contribution in [1.29, 1.82) is 0 Å². The van der Waals surface area contributed by atoms with Crippen molar-refractivity contribution in [2.45, 2.75) is 72.6 Å². The normalized spacial score (nSPS) is 11.9. The Bertz CT molecular complexity index is 881. The second-order valence-corrected chi connectivity index (χ2v) is 8.19. The van der Waals surface area contributed by atoms with Gasteiger partial charge in [-0.15, -0.1) is 0 Å². The summed E-state index contributed by atoms with van der Waals surface area (Å²) >= 11 is 0. The average molecular weight is 449 g/mol. The van der Waals surface area contributed by atoms with Crippen molar-refractivity contribution in [3.63, 3.8) is 0 Å². The van der Waals surface area contributed by atoms with Gasteiger partial charge in [-0.2, -0.15) is 10.2 Å². The Kier molecular flexibility index (Phi) is 11.0. The molecule has 2 amide bonds. The molecule has 2 N–H and O–H groups in total. The molecule has 2 rings (SSSR count). The minimum Gasteiger partial charge on any atom is -0.273 e. The molecule has 0 unspecified atom stereocenters. The van der Waals surface area contributed by atoms with E-state index in [1.54, 1.807) is 0 Å². The third kappa shape index (κ3) is 9.39. The Hall–Kier alpha value is -3.28. The van der Waals surface area contributed by atoms with Gasteiger partial charge in [-0.05, 0) is 50.7 Å². The topological polar surface area (TPSA) is 82.9 Å². The van der Waals surface area contributed by atoms with E-state index >= 15 is 0 Å². The minimum absolute atomic E-state index is 0.104. The monoisotopic (exact) mass is 448 g/mol. The quantitative estimate of drug-likeness (QED) is 0.258. The first-order valence-electron chi connectivity index (χ1n) is 11.8. The van der Waals surface area contributed by atoms with Crippen LogP contribution in [0.25, 0.3) is 0 Å². The molecule has 2 aromatic carbocycles. The van der Waals surface area contributed by atoms with Crippen molar-refractivity contribution in [3.05, 3.63) is 70.8 Å². The molecule has 0 bridgehead atoms. The Morgan fingerprint density at radius 1 is 0.636 bits per heavy atom. The summed E-state index contributed by atoms with van der Waals surface area (Å²) in [4.78, 5) is 24.2. The first-order valence-corrected chi connectivity index (χ1v) is 11.8. The fourth-order valence-corrected chi connectivity index (χ4v) is 3.31. The Morgan fingerprint density at radius 2 is 1.00 bits per heavy atom. The summed E-state index contributed by atoms with van der Waals surface area (Å²) in [6.07, 6.45) is 4.49. The summed E-state index contributed by atoms with van der Waals surface area (Å²) in [7, 11) is 0. The number of hydrogen-bond acceptors (Lipinski definition) is 4. The summed E-state index contributed by atoms with van der Waals surface area (Å²) in [5.41, 5.74) is 11.5. The molecular formula is C27H36N4O2. The molecule has 0 aromatic heterocycles. The fourth-order valence-electron chi connectivity index (χ4n) is 3.31. The number of carbonyl (C=O) groups excluding carboxylic acids is 2. The first-order chi connectivity index (χ1) is 15.9. The Balaban J connectivity index is 1.67. The number of hydrazone groups is 2. The molecule has 0 heterocycles. The van der Waals surface area contributed by atoms with Gasteiger partial charge in [-0.1, -0.05) is 79.9 Å². The van der Waals surface area contributed by atoms with Gasteiger partial charge in [0, 0.05) is 12.8 Å². The molecule has 0 atom stereocenters. The van der Waals surface area contributed by atoms with E-state index in [2.05, 4.69) is 21.1 Å². The molecule has 0 saturated heterocycles. The molecule has 0 aliphatic rings. The number of benzene rings is 2. The van der Waals surface area contributed by atoms with Gasteiger partial charge < -0.3 is 0 Å². The van der Waals surface area contributed by atoms with Gasteiger partial charge in [0.25, 0.3) is 0 Å². The highest BCUT2D eigenvalue weighted by Crippen LogP contribution is 2.09. The summed E-state index contributed by atoms with van der Waals surface area (Å²) in [5, 5.41) is 8.57. The molecule has 0 aliphatic heterocycles. The van der Waals surface area contributed by atoms with Crippen LogP contribution < -0.4 is 10.9 Å². The summed E-state index contributed by atoms with van der Waals surface area (Å²) in [6, 6.07) is 16.2. The molecule has 176 valence electrons. The molecule has 6 heteroatoms. The van der Waals surface area contributed by atoms with Crippen LogP contribution in [-0.2, 0) is 9.59 Å². The minimum atomic E-state index is -0.104. The zero-order valence-electron chi connectivity index (χ0n) is 20.3. The highest BCUT2D eigenvalue weighted by atomic mass is 16.2. The van der Waals surface area contributed by atoms with Gasteiger partial charge in [-0.3, -0.25) is 9.59 Å². The van der Waals surface area contributed by atoms with Crippen molar-refractivity contribution >= 4 is 23.2 Å². The van der Waals surface area contributed by atoms with Gasteiger partial charge in [-0.25, -0.2) is 10.9 Å². The number of unbranched alkanes of at least 4 members (excludes halogenated alkanes) is 2. The number of carbonyl (C=O) groups is 2. The van der Waals surface area contributed by atoms with Gasteiger partial charge in [0.15, 0.2) is 0 Å². The predicted octanol–water partition coefficient (Wildman–Crippen LogP) is 5.41. The average Bonchev–Trinajstić information content (AvgIpc) is 2.81. The van der Waals surface area contributed by atoms with E-state index in [0.29, 0.717) is 25.7 Å². The van der Waals surface area contributed by atoms with Crippen LogP contribution in [0.3, 0.4) is 0 Å². The summed E-state index contributed by atoms with van der Waals surface area (Å²) < 4.78 is 0. The lowest BCUT2D eigenvalue weighted by molar-refractivity contribution is -0.121. The summed E-state index contributed by atoms with van der Waals surface area (Å²) in [5.74, 6) is -0.208. The van der Waals surface area contributed by atoms with E-state index in [1.165, 1.54) is 11.1 Å². The number of nitrogens with zero attached hydrogens (tertiary/aromatic N) is 2. The van der Waals surface area contributed by atoms with E-state index in [1.807, 2.05) is 76.2 Å². The van der Waals surface area contributed by atoms with Crippen LogP contribution in [0.1, 0.15) is 81.0 Å². The third-order valence-electron chi connectivity index (χ3n) is 5.38. The van der Waals surface area contributed by atoms with Crippen LogP contribution in [0.5, 0.6) is 0 Å². The van der Waals surface area contributed by atoms with E-state index < -0.39 is 0 Å². The highest BCUT2D eigenvalue weighted by molar-refractivity contribution is 6.01. The smallest absolute Gasteiger partial charge is 0.240 e. The SMILES string of the molecule is CC/C(=N\NC(=O)CCCCCC(=O)N/N=C(\CC)c1ccc(C)cc1)c1ccc(C)cc1. The third-order valence-corrected chi connectivity index (χ3v) is 5.38. The maximum Gasteiger partial charge on any atom is 0.240 e. The van der Waals surface area contributed by atoms with Crippen LogP contribution in [0, 0.1) is 13.8 Å². The van der Waals surface area contributed by atoms with Crippen molar-refractivity contribution < 1.29 is 9.59 Å². The number of hydrogen-bond donors (Lipinski definition) is 2. The molecule has 0 aliphatic carbocycles.